The summed E-state index contributed by atoms with van der Waals surface area (Å²) in [6, 6.07) is 13.7. The second kappa shape index (κ2) is 6.96. The molecular weight excluding hydrogens is 294 g/mol. The average Bonchev–Trinajstić information content (AvgIpc) is 2.54. The number of nitrogens with zero attached hydrogens (tertiary/aromatic N) is 1. The van der Waals surface area contributed by atoms with Crippen LogP contribution in [0, 0.1) is 0 Å². The Balaban J connectivity index is 2.08. The Hall–Kier alpha value is -2.82. The molecular formula is C18H19NO4. The molecule has 2 rings (SSSR count). The predicted octanol–water partition coefficient (Wildman–Crippen LogP) is 2.69. The molecule has 23 heavy (non-hydrogen) atoms. The Morgan fingerprint density at radius 2 is 1.43 bits per heavy atom. The van der Waals surface area contributed by atoms with Crippen LogP contribution in [0.3, 0.4) is 0 Å². The van der Waals surface area contributed by atoms with Crippen LogP contribution < -0.4 is 0 Å². The zero-order valence-corrected chi connectivity index (χ0v) is 13.3. The van der Waals surface area contributed by atoms with Gasteiger partial charge in [-0.25, -0.2) is 4.79 Å². The average molecular weight is 313 g/mol. The first-order valence-electron chi connectivity index (χ1n) is 7.20. The normalized spacial score (nSPS) is 11.6. The second-order valence-corrected chi connectivity index (χ2v) is 5.40. The third-order valence-corrected chi connectivity index (χ3v) is 3.39. The van der Waals surface area contributed by atoms with E-state index in [9.17, 15) is 14.7 Å². The molecule has 120 valence electrons. The van der Waals surface area contributed by atoms with Gasteiger partial charge in [0.2, 0.25) is 0 Å². The highest BCUT2D eigenvalue weighted by Gasteiger charge is 2.20. The van der Waals surface area contributed by atoms with Crippen molar-refractivity contribution < 1.29 is 19.4 Å². The van der Waals surface area contributed by atoms with E-state index < -0.39 is 12.1 Å². The van der Waals surface area contributed by atoms with Crippen LogP contribution in [0.5, 0.6) is 5.75 Å². The fourth-order valence-corrected chi connectivity index (χ4v) is 2.10. The SMILES string of the molecule is C[C@@H](OC(=O)c1ccc(-c2ccc(O)cc2)cc1)C(=O)N(C)C. The molecule has 5 heteroatoms. The van der Waals surface area contributed by atoms with E-state index in [1.807, 2.05) is 0 Å². The maximum atomic E-state index is 12.0. The minimum atomic E-state index is -0.825. The largest absolute Gasteiger partial charge is 0.508 e. The molecule has 0 unspecified atom stereocenters. The smallest absolute Gasteiger partial charge is 0.338 e. The number of benzene rings is 2. The number of esters is 1. The molecule has 0 radical (unpaired) electrons. The maximum Gasteiger partial charge on any atom is 0.338 e. The molecule has 0 heterocycles. The van der Waals surface area contributed by atoms with E-state index >= 15 is 0 Å². The Bertz CT molecular complexity index is 690. The molecule has 2 aromatic carbocycles. The summed E-state index contributed by atoms with van der Waals surface area (Å²) in [6.45, 7) is 1.55. The molecule has 0 aromatic heterocycles. The summed E-state index contributed by atoms with van der Waals surface area (Å²) in [6.07, 6.45) is -0.825. The lowest BCUT2D eigenvalue weighted by molar-refractivity contribution is -0.137. The number of hydrogen-bond acceptors (Lipinski definition) is 4. The van der Waals surface area contributed by atoms with Crippen LogP contribution in [0.1, 0.15) is 17.3 Å². The number of aromatic hydroxyl groups is 1. The lowest BCUT2D eigenvalue weighted by Crippen LogP contribution is -2.34. The standard InChI is InChI=1S/C18H19NO4/c1-12(17(21)19(2)3)23-18(22)15-6-4-13(5-7-15)14-8-10-16(20)11-9-14/h4-12,20H,1-3H3/t12-/m1/s1. The van der Waals surface area contributed by atoms with Crippen molar-refractivity contribution >= 4 is 11.9 Å². The monoisotopic (exact) mass is 313 g/mol. The summed E-state index contributed by atoms with van der Waals surface area (Å²) in [5.74, 6) is -0.600. The van der Waals surface area contributed by atoms with Crippen molar-refractivity contribution in [1.82, 2.24) is 4.90 Å². The fraction of sp³-hybridized carbons (Fsp3) is 0.222. The molecule has 0 fully saturated rings. The number of phenols is 1. The number of rotatable bonds is 4. The number of hydrogen-bond donors (Lipinski definition) is 1. The molecule has 0 bridgehead atoms. The number of phenolic OH excluding ortho intramolecular Hbond substituents is 1. The van der Waals surface area contributed by atoms with Gasteiger partial charge in [0.15, 0.2) is 6.10 Å². The lowest BCUT2D eigenvalue weighted by atomic mass is 10.0. The van der Waals surface area contributed by atoms with Gasteiger partial charge >= 0.3 is 5.97 Å². The van der Waals surface area contributed by atoms with Crippen LogP contribution in [0.25, 0.3) is 11.1 Å². The number of amides is 1. The van der Waals surface area contributed by atoms with Crippen LogP contribution in [0.2, 0.25) is 0 Å². The van der Waals surface area contributed by atoms with Gasteiger partial charge in [0.25, 0.3) is 5.91 Å². The molecule has 0 aliphatic carbocycles. The summed E-state index contributed by atoms with van der Waals surface area (Å²) in [7, 11) is 3.22. The van der Waals surface area contributed by atoms with Gasteiger partial charge in [-0.05, 0) is 42.3 Å². The van der Waals surface area contributed by atoms with Gasteiger partial charge in [-0.3, -0.25) is 4.79 Å². The first-order chi connectivity index (χ1) is 10.9. The molecule has 1 amide bonds. The maximum absolute atomic E-state index is 12.0. The first kappa shape index (κ1) is 16.5. The second-order valence-electron chi connectivity index (χ2n) is 5.40. The van der Waals surface area contributed by atoms with E-state index in [4.69, 9.17) is 4.74 Å². The number of carbonyl (C=O) groups excluding carboxylic acids is 2. The Morgan fingerprint density at radius 1 is 0.957 bits per heavy atom. The molecule has 1 atom stereocenters. The number of carbonyl (C=O) groups is 2. The van der Waals surface area contributed by atoms with Gasteiger partial charge in [0, 0.05) is 14.1 Å². The van der Waals surface area contributed by atoms with Crippen molar-refractivity contribution in [3.05, 3.63) is 54.1 Å². The zero-order valence-electron chi connectivity index (χ0n) is 13.3. The van der Waals surface area contributed by atoms with Crippen LogP contribution in [-0.4, -0.2) is 42.1 Å². The molecule has 1 N–H and O–H groups in total. The molecule has 0 saturated heterocycles. The van der Waals surface area contributed by atoms with Crippen LogP contribution in [0.4, 0.5) is 0 Å². The van der Waals surface area contributed by atoms with Crippen LogP contribution in [0.15, 0.2) is 48.5 Å². The van der Waals surface area contributed by atoms with Crippen molar-refractivity contribution in [1.29, 1.82) is 0 Å². The van der Waals surface area contributed by atoms with Crippen molar-refractivity contribution in [3.63, 3.8) is 0 Å². The summed E-state index contributed by atoms with van der Waals surface area (Å²) in [5.41, 5.74) is 2.23. The quantitative estimate of drug-likeness (QED) is 0.881. The van der Waals surface area contributed by atoms with Crippen molar-refractivity contribution in [2.24, 2.45) is 0 Å². The van der Waals surface area contributed by atoms with E-state index in [-0.39, 0.29) is 11.7 Å². The molecule has 0 aliphatic rings. The molecule has 0 spiro atoms. The highest BCUT2D eigenvalue weighted by molar-refractivity contribution is 5.92. The van der Waals surface area contributed by atoms with Crippen molar-refractivity contribution in [2.75, 3.05) is 14.1 Å². The molecule has 0 saturated carbocycles. The zero-order chi connectivity index (χ0) is 17.0. The molecule has 5 nitrogen and oxygen atoms in total. The summed E-state index contributed by atoms with van der Waals surface area (Å²) in [5, 5.41) is 9.30. The topological polar surface area (TPSA) is 66.8 Å². The van der Waals surface area contributed by atoms with E-state index in [1.165, 1.54) is 4.90 Å². The van der Waals surface area contributed by atoms with Crippen LogP contribution >= 0.6 is 0 Å². The van der Waals surface area contributed by atoms with Gasteiger partial charge in [-0.1, -0.05) is 24.3 Å². The molecule has 0 aliphatic heterocycles. The Kier molecular flexibility index (Phi) is 5.01. The first-order valence-corrected chi connectivity index (χ1v) is 7.20. The van der Waals surface area contributed by atoms with Gasteiger partial charge in [-0.2, -0.15) is 0 Å². The minimum absolute atomic E-state index is 0.202. The third-order valence-electron chi connectivity index (χ3n) is 3.39. The van der Waals surface area contributed by atoms with Crippen molar-refractivity contribution in [2.45, 2.75) is 13.0 Å². The minimum Gasteiger partial charge on any atom is -0.508 e. The van der Waals surface area contributed by atoms with Gasteiger partial charge < -0.3 is 14.7 Å². The highest BCUT2D eigenvalue weighted by Crippen LogP contribution is 2.22. The van der Waals surface area contributed by atoms with Crippen LogP contribution in [-0.2, 0) is 9.53 Å². The number of likely N-dealkylation sites (N-methyl/N-ethyl adjacent to an activating group) is 1. The summed E-state index contributed by atoms with van der Waals surface area (Å²) in [4.78, 5) is 25.1. The Morgan fingerprint density at radius 3 is 1.91 bits per heavy atom. The van der Waals surface area contributed by atoms with Gasteiger partial charge in [-0.15, -0.1) is 0 Å². The van der Waals surface area contributed by atoms with E-state index in [1.54, 1.807) is 69.6 Å². The summed E-state index contributed by atoms with van der Waals surface area (Å²) < 4.78 is 5.16. The van der Waals surface area contributed by atoms with E-state index in [2.05, 4.69) is 0 Å². The van der Waals surface area contributed by atoms with E-state index in [0.29, 0.717) is 5.56 Å². The Labute approximate surface area is 135 Å². The lowest BCUT2D eigenvalue weighted by Gasteiger charge is -2.17. The number of ether oxygens (including phenoxy) is 1. The highest BCUT2D eigenvalue weighted by atomic mass is 16.5. The predicted molar refractivity (Wildman–Crippen MR) is 87.1 cm³/mol. The fourth-order valence-electron chi connectivity index (χ4n) is 2.10. The van der Waals surface area contributed by atoms with Gasteiger partial charge in [0.1, 0.15) is 5.75 Å². The molecule has 2 aromatic rings. The van der Waals surface area contributed by atoms with E-state index in [0.717, 1.165) is 11.1 Å². The third kappa shape index (κ3) is 4.10. The summed E-state index contributed by atoms with van der Waals surface area (Å²) >= 11 is 0. The van der Waals surface area contributed by atoms with Gasteiger partial charge in [0.05, 0.1) is 5.56 Å². The van der Waals surface area contributed by atoms with Crippen molar-refractivity contribution in [3.8, 4) is 16.9 Å².